The molecule has 23 heavy (non-hydrogen) atoms. The van der Waals surface area contributed by atoms with Crippen LogP contribution in [0.5, 0.6) is 0 Å². The van der Waals surface area contributed by atoms with Crippen LogP contribution < -0.4 is 10.6 Å². The molecule has 0 aliphatic carbocycles. The number of nitrogens with zero attached hydrogens (tertiary/aromatic N) is 2. The van der Waals surface area contributed by atoms with E-state index in [1.54, 1.807) is 36.8 Å². The predicted octanol–water partition coefficient (Wildman–Crippen LogP) is 2.71. The molecule has 1 aliphatic heterocycles. The zero-order valence-electron chi connectivity index (χ0n) is 13.0. The molecule has 0 bridgehead atoms. The average Bonchev–Trinajstić information content (AvgIpc) is 3.12. The van der Waals surface area contributed by atoms with Gasteiger partial charge in [0.15, 0.2) is 0 Å². The number of carbonyl (C=O) groups excluding carboxylic acids is 1. The number of rotatable bonds is 5. The zero-order valence-corrected chi connectivity index (χ0v) is 13.0. The van der Waals surface area contributed by atoms with E-state index in [2.05, 4.69) is 27.5 Å². The van der Waals surface area contributed by atoms with Gasteiger partial charge >= 0.3 is 0 Å². The third-order valence-electron chi connectivity index (χ3n) is 3.87. The second-order valence-electron chi connectivity index (χ2n) is 5.57. The number of anilines is 2. The average molecular weight is 312 g/mol. The van der Waals surface area contributed by atoms with Gasteiger partial charge in [0.25, 0.3) is 5.91 Å². The molecule has 2 aromatic heterocycles. The number of hydrogen-bond acceptors (Lipinski definition) is 5. The van der Waals surface area contributed by atoms with Crippen molar-refractivity contribution in [2.24, 2.45) is 0 Å². The molecule has 3 heterocycles. The largest absolute Gasteiger partial charge is 0.378 e. The molecule has 0 saturated carbocycles. The lowest BCUT2D eigenvalue weighted by Crippen LogP contribution is -2.30. The van der Waals surface area contributed by atoms with E-state index in [9.17, 15) is 4.79 Å². The van der Waals surface area contributed by atoms with Gasteiger partial charge in [0.05, 0.1) is 23.7 Å². The molecule has 6 heteroatoms. The van der Waals surface area contributed by atoms with Crippen molar-refractivity contribution in [1.29, 1.82) is 0 Å². The summed E-state index contributed by atoms with van der Waals surface area (Å²) in [5.74, 6) is -0.258. The summed E-state index contributed by atoms with van der Waals surface area (Å²) in [7, 11) is 0. The highest BCUT2D eigenvalue weighted by Gasteiger charge is 2.23. The lowest BCUT2D eigenvalue weighted by Gasteiger charge is -2.22. The highest BCUT2D eigenvalue weighted by atomic mass is 16.5. The van der Waals surface area contributed by atoms with Gasteiger partial charge in [-0.3, -0.25) is 14.8 Å². The topological polar surface area (TPSA) is 76.1 Å². The first-order valence-electron chi connectivity index (χ1n) is 7.78. The summed E-state index contributed by atoms with van der Waals surface area (Å²) in [5, 5.41) is 6.26. The van der Waals surface area contributed by atoms with Gasteiger partial charge in [-0.25, -0.2) is 0 Å². The summed E-state index contributed by atoms with van der Waals surface area (Å²) >= 11 is 0. The van der Waals surface area contributed by atoms with Crippen molar-refractivity contribution >= 4 is 17.3 Å². The van der Waals surface area contributed by atoms with Crippen molar-refractivity contribution < 1.29 is 9.53 Å². The van der Waals surface area contributed by atoms with Crippen LogP contribution in [-0.2, 0) is 4.74 Å². The third kappa shape index (κ3) is 3.84. The number of nitrogens with one attached hydrogen (secondary N) is 2. The molecule has 2 aromatic rings. The molecule has 0 spiro atoms. The Kier molecular flexibility index (Phi) is 4.83. The number of ether oxygens (including phenoxy) is 1. The highest BCUT2D eigenvalue weighted by molar-refractivity contribution is 6.04. The lowest BCUT2D eigenvalue weighted by molar-refractivity contribution is 0.0997. The second-order valence-corrected chi connectivity index (χ2v) is 5.57. The van der Waals surface area contributed by atoms with E-state index in [0.29, 0.717) is 11.4 Å². The van der Waals surface area contributed by atoms with Gasteiger partial charge in [0.1, 0.15) is 5.69 Å². The number of hydrogen-bond donors (Lipinski definition) is 2. The molecule has 1 amide bonds. The Bertz CT molecular complexity index is 657. The summed E-state index contributed by atoms with van der Waals surface area (Å²) in [4.78, 5) is 20.4. The maximum absolute atomic E-state index is 12.3. The van der Waals surface area contributed by atoms with Crippen LogP contribution in [0.3, 0.4) is 0 Å². The molecule has 2 N–H and O–H groups in total. The fraction of sp³-hybridized carbons (Fsp3) is 0.353. The van der Waals surface area contributed by atoms with E-state index in [1.165, 1.54) is 0 Å². The van der Waals surface area contributed by atoms with Crippen LogP contribution in [0.1, 0.15) is 30.3 Å². The minimum atomic E-state index is -0.258. The van der Waals surface area contributed by atoms with Crippen LogP contribution in [0.2, 0.25) is 0 Å². The van der Waals surface area contributed by atoms with Crippen LogP contribution >= 0.6 is 0 Å². The van der Waals surface area contributed by atoms with E-state index < -0.39 is 0 Å². The highest BCUT2D eigenvalue weighted by Crippen LogP contribution is 2.24. The van der Waals surface area contributed by atoms with Gasteiger partial charge < -0.3 is 15.4 Å². The molecular formula is C17H20N4O2. The molecule has 1 saturated heterocycles. The molecule has 0 radical (unpaired) electrons. The number of carbonyl (C=O) groups is 1. The predicted molar refractivity (Wildman–Crippen MR) is 88.5 cm³/mol. The van der Waals surface area contributed by atoms with E-state index >= 15 is 0 Å². The monoisotopic (exact) mass is 312 g/mol. The first-order valence-corrected chi connectivity index (χ1v) is 7.78. The summed E-state index contributed by atoms with van der Waals surface area (Å²) in [5.41, 5.74) is 1.83. The number of aromatic nitrogens is 2. The standard InChI is InChI=1S/C17H20N4O2/c1-12(16-6-4-10-23-16)20-13-7-9-18-11-15(13)21-17(22)14-5-2-3-8-19-14/h2-3,5,7-9,11-12,16H,4,6,10H2,1H3,(H,18,20)(H,21,22)/t12-,16+/m0/s1. The Labute approximate surface area is 135 Å². The lowest BCUT2D eigenvalue weighted by atomic mass is 10.1. The minimum Gasteiger partial charge on any atom is -0.378 e. The van der Waals surface area contributed by atoms with Crippen molar-refractivity contribution in [1.82, 2.24) is 9.97 Å². The first kappa shape index (κ1) is 15.4. The van der Waals surface area contributed by atoms with Crippen molar-refractivity contribution in [3.63, 3.8) is 0 Å². The van der Waals surface area contributed by atoms with Gasteiger partial charge in [-0.2, -0.15) is 0 Å². The molecule has 0 unspecified atom stereocenters. The van der Waals surface area contributed by atoms with Crippen molar-refractivity contribution in [2.75, 3.05) is 17.2 Å². The molecule has 2 atom stereocenters. The third-order valence-corrected chi connectivity index (χ3v) is 3.87. The zero-order chi connectivity index (χ0) is 16.1. The van der Waals surface area contributed by atoms with E-state index in [0.717, 1.165) is 25.1 Å². The fourth-order valence-electron chi connectivity index (χ4n) is 2.64. The van der Waals surface area contributed by atoms with Gasteiger partial charge in [-0.15, -0.1) is 0 Å². The molecule has 6 nitrogen and oxygen atoms in total. The van der Waals surface area contributed by atoms with Crippen LogP contribution in [0.25, 0.3) is 0 Å². The quantitative estimate of drug-likeness (QED) is 0.888. The van der Waals surface area contributed by atoms with Crippen molar-refractivity contribution in [3.05, 3.63) is 48.5 Å². The van der Waals surface area contributed by atoms with Crippen LogP contribution in [-0.4, -0.2) is 34.6 Å². The fourth-order valence-corrected chi connectivity index (χ4v) is 2.64. The Hall–Kier alpha value is -2.47. The number of pyridine rings is 2. The summed E-state index contributed by atoms with van der Waals surface area (Å²) in [6.45, 7) is 2.90. The van der Waals surface area contributed by atoms with Gasteiger partial charge in [0.2, 0.25) is 0 Å². The van der Waals surface area contributed by atoms with Gasteiger partial charge in [0, 0.05) is 25.0 Å². The summed E-state index contributed by atoms with van der Waals surface area (Å²) < 4.78 is 5.70. The van der Waals surface area contributed by atoms with E-state index in [-0.39, 0.29) is 18.1 Å². The van der Waals surface area contributed by atoms with Crippen LogP contribution in [0.15, 0.2) is 42.9 Å². The molecule has 120 valence electrons. The Morgan fingerprint density at radius 3 is 2.96 bits per heavy atom. The Balaban J connectivity index is 1.71. The van der Waals surface area contributed by atoms with Gasteiger partial charge in [-0.1, -0.05) is 6.07 Å². The van der Waals surface area contributed by atoms with Gasteiger partial charge in [-0.05, 0) is 38.0 Å². The van der Waals surface area contributed by atoms with E-state index in [1.807, 2.05) is 6.07 Å². The van der Waals surface area contributed by atoms with Crippen LogP contribution in [0.4, 0.5) is 11.4 Å². The Morgan fingerprint density at radius 2 is 2.22 bits per heavy atom. The molecule has 1 fully saturated rings. The molecule has 1 aliphatic rings. The SMILES string of the molecule is C[C@H](Nc1ccncc1NC(=O)c1ccccn1)[C@H]1CCCO1. The smallest absolute Gasteiger partial charge is 0.274 e. The minimum absolute atomic E-state index is 0.158. The first-order chi connectivity index (χ1) is 11.2. The molecule has 0 aromatic carbocycles. The Morgan fingerprint density at radius 1 is 1.30 bits per heavy atom. The normalized spacial score (nSPS) is 18.4. The molecular weight excluding hydrogens is 292 g/mol. The van der Waals surface area contributed by atoms with E-state index in [4.69, 9.17) is 4.74 Å². The second kappa shape index (κ2) is 7.19. The van der Waals surface area contributed by atoms with Crippen LogP contribution in [0, 0.1) is 0 Å². The maximum atomic E-state index is 12.3. The summed E-state index contributed by atoms with van der Waals surface area (Å²) in [6, 6.07) is 7.24. The molecule has 3 rings (SSSR count). The maximum Gasteiger partial charge on any atom is 0.274 e. The summed E-state index contributed by atoms with van der Waals surface area (Å²) in [6.07, 6.45) is 7.26. The van der Waals surface area contributed by atoms with Crippen molar-refractivity contribution in [2.45, 2.75) is 31.9 Å². The number of amides is 1. The van der Waals surface area contributed by atoms with Crippen molar-refractivity contribution in [3.8, 4) is 0 Å².